The molecule has 114 valence electrons. The lowest BCUT2D eigenvalue weighted by atomic mass is 9.83. The van der Waals surface area contributed by atoms with E-state index in [1.54, 1.807) is 34.6 Å². The smallest absolute Gasteiger partial charge is 0.223 e. The summed E-state index contributed by atoms with van der Waals surface area (Å²) in [5.41, 5.74) is -1.40. The molecule has 1 aromatic rings. The van der Waals surface area contributed by atoms with Gasteiger partial charge in [-0.05, 0) is 43.5 Å². The van der Waals surface area contributed by atoms with Crippen molar-refractivity contribution >= 4 is 9.84 Å². The third-order valence-corrected chi connectivity index (χ3v) is 6.82. The first-order valence-electron chi connectivity index (χ1n) is 6.13. The molecule has 0 fully saturated rings. The monoisotopic (exact) mass is 308 g/mol. The van der Waals surface area contributed by atoms with E-state index >= 15 is 0 Å². The van der Waals surface area contributed by atoms with Crippen LogP contribution in [0.4, 0.5) is 13.2 Å². The van der Waals surface area contributed by atoms with E-state index in [-0.39, 0.29) is 4.90 Å². The summed E-state index contributed by atoms with van der Waals surface area (Å²) < 4.78 is 61.5. The maximum atomic E-state index is 12.6. The Balaban J connectivity index is 3.32. The van der Waals surface area contributed by atoms with Crippen LogP contribution in [0.25, 0.3) is 0 Å². The van der Waals surface area contributed by atoms with Crippen molar-refractivity contribution in [1.82, 2.24) is 0 Å². The molecule has 0 atom stereocenters. The van der Waals surface area contributed by atoms with Crippen molar-refractivity contribution < 1.29 is 21.6 Å². The lowest BCUT2D eigenvalue weighted by Crippen LogP contribution is -2.44. The van der Waals surface area contributed by atoms with Gasteiger partial charge >= 0.3 is 6.18 Å². The Labute approximate surface area is 117 Å². The van der Waals surface area contributed by atoms with E-state index in [0.717, 1.165) is 24.3 Å². The van der Waals surface area contributed by atoms with E-state index in [4.69, 9.17) is 0 Å². The van der Waals surface area contributed by atoms with E-state index in [1.165, 1.54) is 0 Å². The Morgan fingerprint density at radius 3 is 1.55 bits per heavy atom. The van der Waals surface area contributed by atoms with Crippen molar-refractivity contribution in [3.63, 3.8) is 0 Å². The molecular formula is C14H19F3O2S. The molecule has 0 N–H and O–H groups in total. The third kappa shape index (κ3) is 2.85. The van der Waals surface area contributed by atoms with Crippen LogP contribution in [0.3, 0.4) is 0 Å². The lowest BCUT2D eigenvalue weighted by molar-refractivity contribution is -0.137. The SMILES string of the molecule is CC(C)(C)C(C)(C)S(=O)(=O)c1ccc(C(F)(F)F)cc1. The molecule has 0 saturated heterocycles. The van der Waals surface area contributed by atoms with Crippen molar-refractivity contribution in [3.05, 3.63) is 29.8 Å². The molecule has 1 aromatic carbocycles. The second-order valence-electron chi connectivity index (χ2n) is 6.29. The number of sulfone groups is 1. The van der Waals surface area contributed by atoms with Crippen molar-refractivity contribution in [2.24, 2.45) is 5.41 Å². The van der Waals surface area contributed by atoms with E-state index in [1.807, 2.05) is 0 Å². The standard InChI is InChI=1S/C14H19F3O2S/c1-12(2,3)13(4,5)20(18,19)11-8-6-10(7-9-11)14(15,16)17/h6-9H,1-5H3. The fourth-order valence-corrected chi connectivity index (χ4v) is 3.41. The quantitative estimate of drug-likeness (QED) is 0.816. The molecule has 0 heterocycles. The minimum absolute atomic E-state index is 0.0922. The van der Waals surface area contributed by atoms with Crippen molar-refractivity contribution in [2.75, 3.05) is 0 Å². The van der Waals surface area contributed by atoms with E-state index < -0.39 is 31.7 Å². The molecule has 0 aliphatic rings. The summed E-state index contributed by atoms with van der Waals surface area (Å²) in [7, 11) is -3.73. The predicted octanol–water partition coefficient (Wildman–Crippen LogP) is 4.30. The topological polar surface area (TPSA) is 34.1 Å². The molecule has 0 unspecified atom stereocenters. The number of hydrogen-bond donors (Lipinski definition) is 0. The van der Waals surface area contributed by atoms with Gasteiger partial charge in [0.15, 0.2) is 9.84 Å². The molecule has 0 amide bonds. The fraction of sp³-hybridized carbons (Fsp3) is 0.571. The van der Waals surface area contributed by atoms with E-state index in [0.29, 0.717) is 0 Å². The average Bonchev–Trinajstić information content (AvgIpc) is 2.26. The van der Waals surface area contributed by atoms with Gasteiger partial charge in [-0.3, -0.25) is 0 Å². The molecule has 0 spiro atoms. The number of halogens is 3. The highest BCUT2D eigenvalue weighted by Crippen LogP contribution is 2.40. The Morgan fingerprint density at radius 1 is 0.850 bits per heavy atom. The highest BCUT2D eigenvalue weighted by atomic mass is 32.2. The van der Waals surface area contributed by atoms with Gasteiger partial charge in [-0.1, -0.05) is 20.8 Å². The summed E-state index contributed by atoms with van der Waals surface area (Å²) in [6.07, 6.45) is -4.47. The van der Waals surface area contributed by atoms with Crippen LogP contribution in [0.2, 0.25) is 0 Å². The third-order valence-electron chi connectivity index (χ3n) is 3.97. The van der Waals surface area contributed by atoms with Crippen LogP contribution in [-0.4, -0.2) is 13.2 Å². The Kier molecular flexibility index (Phi) is 4.05. The van der Waals surface area contributed by atoms with Gasteiger partial charge in [0.1, 0.15) is 0 Å². The van der Waals surface area contributed by atoms with Gasteiger partial charge in [-0.25, -0.2) is 8.42 Å². The maximum absolute atomic E-state index is 12.6. The zero-order chi connectivity index (χ0) is 16.0. The van der Waals surface area contributed by atoms with Gasteiger partial charge in [0.2, 0.25) is 0 Å². The van der Waals surface area contributed by atoms with Crippen LogP contribution in [0, 0.1) is 5.41 Å². The predicted molar refractivity (Wildman–Crippen MR) is 72.2 cm³/mol. The van der Waals surface area contributed by atoms with Gasteiger partial charge < -0.3 is 0 Å². The largest absolute Gasteiger partial charge is 0.416 e. The first-order valence-corrected chi connectivity index (χ1v) is 7.61. The first kappa shape index (κ1) is 17.0. The molecule has 0 bridgehead atoms. The van der Waals surface area contributed by atoms with Gasteiger partial charge in [0.05, 0.1) is 15.2 Å². The molecule has 1 rings (SSSR count). The molecule has 20 heavy (non-hydrogen) atoms. The minimum atomic E-state index is -4.47. The molecule has 0 radical (unpaired) electrons. The summed E-state index contributed by atoms with van der Waals surface area (Å²) in [5, 5.41) is 0. The fourth-order valence-electron chi connectivity index (χ4n) is 1.52. The number of benzene rings is 1. The molecule has 0 aliphatic carbocycles. The zero-order valence-electron chi connectivity index (χ0n) is 12.2. The maximum Gasteiger partial charge on any atom is 0.416 e. The lowest BCUT2D eigenvalue weighted by Gasteiger charge is -2.38. The molecule has 0 aromatic heterocycles. The molecule has 2 nitrogen and oxygen atoms in total. The zero-order valence-corrected chi connectivity index (χ0v) is 13.0. The molecule has 0 saturated carbocycles. The summed E-state index contributed by atoms with van der Waals surface area (Å²) in [5.74, 6) is 0. The average molecular weight is 308 g/mol. The minimum Gasteiger partial charge on any atom is -0.223 e. The van der Waals surface area contributed by atoms with Gasteiger partial charge in [-0.15, -0.1) is 0 Å². The van der Waals surface area contributed by atoms with Crippen LogP contribution < -0.4 is 0 Å². The Bertz CT molecular complexity index is 576. The Morgan fingerprint density at radius 2 is 1.25 bits per heavy atom. The van der Waals surface area contributed by atoms with Gasteiger partial charge in [-0.2, -0.15) is 13.2 Å². The van der Waals surface area contributed by atoms with Crippen LogP contribution in [-0.2, 0) is 16.0 Å². The van der Waals surface area contributed by atoms with Crippen molar-refractivity contribution in [1.29, 1.82) is 0 Å². The Hall–Kier alpha value is -1.04. The number of rotatable bonds is 2. The van der Waals surface area contributed by atoms with Crippen molar-refractivity contribution in [2.45, 2.75) is 50.4 Å². The van der Waals surface area contributed by atoms with E-state index in [9.17, 15) is 21.6 Å². The second kappa shape index (κ2) is 4.76. The highest BCUT2D eigenvalue weighted by Gasteiger charge is 2.45. The summed E-state index contributed by atoms with van der Waals surface area (Å²) in [6.45, 7) is 8.53. The van der Waals surface area contributed by atoms with Crippen LogP contribution >= 0.6 is 0 Å². The van der Waals surface area contributed by atoms with Crippen LogP contribution in [0.15, 0.2) is 29.2 Å². The number of hydrogen-bond acceptors (Lipinski definition) is 2. The van der Waals surface area contributed by atoms with Crippen molar-refractivity contribution in [3.8, 4) is 0 Å². The number of alkyl halides is 3. The summed E-state index contributed by atoms with van der Waals surface area (Å²) >= 11 is 0. The molecular weight excluding hydrogens is 289 g/mol. The van der Waals surface area contributed by atoms with Crippen LogP contribution in [0.5, 0.6) is 0 Å². The first-order chi connectivity index (χ1) is 8.71. The van der Waals surface area contributed by atoms with Gasteiger partial charge in [0.25, 0.3) is 0 Å². The molecule has 0 aliphatic heterocycles. The van der Waals surface area contributed by atoms with Gasteiger partial charge in [0, 0.05) is 0 Å². The highest BCUT2D eigenvalue weighted by molar-refractivity contribution is 7.92. The second-order valence-corrected chi connectivity index (χ2v) is 8.78. The molecule has 6 heteroatoms. The summed E-state index contributed by atoms with van der Waals surface area (Å²) in [6, 6.07) is 3.63. The van der Waals surface area contributed by atoms with E-state index in [2.05, 4.69) is 0 Å². The normalized spacial score (nSPS) is 14.4. The van der Waals surface area contributed by atoms with Crippen LogP contribution in [0.1, 0.15) is 40.2 Å². The summed E-state index contributed by atoms with van der Waals surface area (Å²) in [4.78, 5) is -0.0922.